The van der Waals surface area contributed by atoms with E-state index in [1.54, 1.807) is 30.1 Å². The molecular weight excluding hydrogens is 684 g/mol. The summed E-state index contributed by atoms with van der Waals surface area (Å²) < 4.78 is 24.1. The maximum atomic E-state index is 14.0. The molecule has 1 fully saturated rings. The number of imidazole rings is 1. The second kappa shape index (κ2) is 16.7. The number of piperidine rings is 1. The number of Topliss-reactive ketones (excluding diaryl/α,β-unsaturated/α-hetero) is 1. The van der Waals surface area contributed by atoms with Crippen molar-refractivity contribution < 1.29 is 33.3 Å². The van der Waals surface area contributed by atoms with Crippen LogP contribution in [0.1, 0.15) is 63.2 Å². The van der Waals surface area contributed by atoms with Crippen molar-refractivity contribution in [1.82, 2.24) is 19.4 Å². The van der Waals surface area contributed by atoms with E-state index in [0.29, 0.717) is 58.3 Å². The van der Waals surface area contributed by atoms with Crippen molar-refractivity contribution in [3.8, 4) is 17.2 Å². The largest absolute Gasteiger partial charge is 0.493 e. The van der Waals surface area contributed by atoms with Crippen LogP contribution in [0.5, 0.6) is 17.2 Å². The van der Waals surface area contributed by atoms with Gasteiger partial charge in [-0.05, 0) is 93.0 Å². The fourth-order valence-corrected chi connectivity index (χ4v) is 7.27. The Kier molecular flexibility index (Phi) is 11.8. The molecule has 274 valence electrons. The van der Waals surface area contributed by atoms with Gasteiger partial charge < -0.3 is 38.1 Å². The number of methoxy groups -OCH3 is 3. The van der Waals surface area contributed by atoms with Crippen LogP contribution in [-0.2, 0) is 13.2 Å². The summed E-state index contributed by atoms with van der Waals surface area (Å²) in [4.78, 5) is 36.6. The highest BCUT2D eigenvalue weighted by atomic mass is 35.5. The van der Waals surface area contributed by atoms with Crippen molar-refractivity contribution in [2.45, 2.75) is 38.3 Å². The van der Waals surface area contributed by atoms with E-state index >= 15 is 0 Å². The van der Waals surface area contributed by atoms with Crippen LogP contribution in [0.2, 0.25) is 5.02 Å². The van der Waals surface area contributed by atoms with Gasteiger partial charge >= 0.3 is 0 Å². The van der Waals surface area contributed by atoms with Gasteiger partial charge in [0.2, 0.25) is 11.5 Å². The number of hydrogen-bond acceptors (Lipinski definition) is 9. The van der Waals surface area contributed by atoms with Crippen LogP contribution >= 0.6 is 11.6 Å². The third-order valence-corrected chi connectivity index (χ3v) is 10.1. The smallest absolute Gasteiger partial charge is 0.253 e. The average Bonchev–Trinajstić information content (AvgIpc) is 3.79. The van der Waals surface area contributed by atoms with E-state index in [0.717, 1.165) is 55.5 Å². The van der Waals surface area contributed by atoms with Gasteiger partial charge in [-0.2, -0.15) is 0 Å². The van der Waals surface area contributed by atoms with Gasteiger partial charge in [-0.3, -0.25) is 9.59 Å². The number of aliphatic hydroxyl groups excluding tert-OH is 1. The number of amides is 1. The lowest BCUT2D eigenvalue weighted by Crippen LogP contribution is -2.38. The number of aliphatic hydroxyl groups is 1. The van der Waals surface area contributed by atoms with Crippen molar-refractivity contribution in [1.29, 1.82) is 0 Å². The zero-order valence-corrected chi connectivity index (χ0v) is 30.8. The van der Waals surface area contributed by atoms with E-state index in [2.05, 4.69) is 11.0 Å². The first-order chi connectivity index (χ1) is 25.2. The van der Waals surface area contributed by atoms with Crippen LogP contribution in [0.4, 0.5) is 0 Å². The Bertz CT molecular complexity index is 1990. The van der Waals surface area contributed by atoms with E-state index in [1.165, 1.54) is 21.3 Å². The Morgan fingerprint density at radius 3 is 2.33 bits per heavy atom. The summed E-state index contributed by atoms with van der Waals surface area (Å²) in [6.45, 7) is 2.99. The number of rotatable bonds is 15. The van der Waals surface area contributed by atoms with E-state index < -0.39 is 0 Å². The molecule has 0 bridgehead atoms. The SMILES string of the molecule is COc1cc(C(=O)N(C)CC(CCN2CCC(C(=O)c3nc4ccccc4n3Cc3ccc(CO)o3)CC2)c2cccc(Cl)c2)cc(OC)c1OC. The Balaban J connectivity index is 1.12. The third kappa shape index (κ3) is 8.12. The Morgan fingerprint density at radius 2 is 1.67 bits per heavy atom. The van der Waals surface area contributed by atoms with Crippen molar-refractivity contribution in [3.05, 3.63) is 106 Å². The second-order valence-corrected chi connectivity index (χ2v) is 13.6. The summed E-state index contributed by atoms with van der Waals surface area (Å²) in [5, 5.41) is 10.1. The summed E-state index contributed by atoms with van der Waals surface area (Å²) in [6.07, 6.45) is 2.23. The summed E-state index contributed by atoms with van der Waals surface area (Å²) >= 11 is 6.43. The maximum absolute atomic E-state index is 14.0. The molecule has 1 unspecified atom stereocenters. The molecule has 1 aliphatic rings. The van der Waals surface area contributed by atoms with E-state index in [4.69, 9.17) is 35.2 Å². The minimum atomic E-state index is -0.182. The lowest BCUT2D eigenvalue weighted by molar-refractivity contribution is 0.0778. The first kappa shape index (κ1) is 36.9. The molecule has 52 heavy (non-hydrogen) atoms. The van der Waals surface area contributed by atoms with Gasteiger partial charge in [0.05, 0.1) is 38.9 Å². The number of halogens is 1. The lowest BCUT2D eigenvalue weighted by atomic mass is 9.90. The number of ether oxygens (including phenoxy) is 3. The summed E-state index contributed by atoms with van der Waals surface area (Å²) in [7, 11) is 6.37. The zero-order chi connectivity index (χ0) is 36.8. The molecule has 12 heteroatoms. The van der Waals surface area contributed by atoms with Crippen LogP contribution in [0, 0.1) is 5.92 Å². The molecule has 1 saturated heterocycles. The van der Waals surface area contributed by atoms with E-state index in [-0.39, 0.29) is 30.1 Å². The van der Waals surface area contributed by atoms with Crippen LogP contribution in [0.3, 0.4) is 0 Å². The molecule has 1 aliphatic heterocycles. The topological polar surface area (TPSA) is 120 Å². The van der Waals surface area contributed by atoms with Gasteiger partial charge in [0.15, 0.2) is 17.3 Å². The average molecular weight is 729 g/mol. The number of likely N-dealkylation sites (tertiary alicyclic amines) is 1. The Hall–Kier alpha value is -4.84. The number of carbonyl (C=O) groups excluding carboxylic acids is 2. The molecule has 1 N–H and O–H groups in total. The van der Waals surface area contributed by atoms with E-state index in [9.17, 15) is 14.7 Å². The molecule has 0 aliphatic carbocycles. The zero-order valence-electron chi connectivity index (χ0n) is 30.0. The highest BCUT2D eigenvalue weighted by Gasteiger charge is 2.31. The van der Waals surface area contributed by atoms with Gasteiger partial charge in [-0.15, -0.1) is 0 Å². The minimum absolute atomic E-state index is 0.0156. The third-order valence-electron chi connectivity index (χ3n) is 9.89. The molecule has 0 spiro atoms. The fraction of sp³-hybridized carbons (Fsp3) is 0.375. The molecular formula is C40H45ClN4O7. The van der Waals surface area contributed by atoms with Gasteiger partial charge in [0, 0.05) is 36.0 Å². The van der Waals surface area contributed by atoms with Crippen LogP contribution in [0.15, 0.2) is 77.2 Å². The summed E-state index contributed by atoms with van der Waals surface area (Å²) in [5.41, 5.74) is 3.12. The number of benzene rings is 3. The highest BCUT2D eigenvalue weighted by Crippen LogP contribution is 2.38. The number of carbonyl (C=O) groups is 2. The first-order valence-electron chi connectivity index (χ1n) is 17.4. The molecule has 0 radical (unpaired) electrons. The number of hydrogen-bond donors (Lipinski definition) is 1. The molecule has 3 aromatic carbocycles. The highest BCUT2D eigenvalue weighted by molar-refractivity contribution is 6.30. The van der Waals surface area contributed by atoms with E-state index in [1.807, 2.05) is 53.1 Å². The maximum Gasteiger partial charge on any atom is 0.253 e. The number of fused-ring (bicyclic) bond motifs is 1. The quantitative estimate of drug-likeness (QED) is 0.118. The number of likely N-dealkylation sites (N-methyl/N-ethyl adjacent to an activating group) is 1. The van der Waals surface area contributed by atoms with Crippen molar-refractivity contribution in [3.63, 3.8) is 0 Å². The van der Waals surface area contributed by atoms with Gasteiger partial charge in [-0.1, -0.05) is 35.9 Å². The molecule has 0 saturated carbocycles. The minimum Gasteiger partial charge on any atom is -0.493 e. The summed E-state index contributed by atoms with van der Waals surface area (Å²) in [5.74, 6) is 2.56. The molecule has 11 nitrogen and oxygen atoms in total. The van der Waals surface area contributed by atoms with Gasteiger partial charge in [0.1, 0.15) is 18.1 Å². The molecule has 5 aromatic rings. The van der Waals surface area contributed by atoms with Crippen molar-refractivity contribution in [2.75, 3.05) is 54.6 Å². The van der Waals surface area contributed by atoms with Gasteiger partial charge in [0.25, 0.3) is 5.91 Å². The first-order valence-corrected chi connectivity index (χ1v) is 17.8. The number of ketones is 1. The molecule has 2 aromatic heterocycles. The Morgan fingerprint density at radius 1 is 0.962 bits per heavy atom. The number of para-hydroxylation sites is 2. The molecule has 6 rings (SSSR count). The standard InChI is InChI=1S/C40H45ClN4O7/c1-43(40(48)29-21-35(49-2)38(51-4)36(22-29)50-3)23-28(27-8-7-9-30(41)20-27)16-19-44-17-14-26(15-18-44)37(47)39-42-33-10-5-6-11-34(33)45(39)24-31-12-13-32(25-46)52-31/h5-13,20-22,26,28,46H,14-19,23-25H2,1-4H3. The van der Waals surface area contributed by atoms with Crippen LogP contribution < -0.4 is 14.2 Å². The normalized spacial score (nSPS) is 14.3. The van der Waals surface area contributed by atoms with Crippen LogP contribution in [0.25, 0.3) is 11.0 Å². The lowest BCUT2D eigenvalue weighted by Gasteiger charge is -2.33. The summed E-state index contributed by atoms with van der Waals surface area (Å²) in [6, 6.07) is 22.4. The number of nitrogens with zero attached hydrogens (tertiary/aromatic N) is 4. The predicted octanol–water partition coefficient (Wildman–Crippen LogP) is 6.69. The molecule has 3 heterocycles. The van der Waals surface area contributed by atoms with Crippen LogP contribution in [-0.4, -0.2) is 90.7 Å². The predicted molar refractivity (Wildman–Crippen MR) is 199 cm³/mol. The van der Waals surface area contributed by atoms with Gasteiger partial charge in [-0.25, -0.2) is 4.98 Å². The number of furan rings is 1. The van der Waals surface area contributed by atoms with Crippen molar-refractivity contribution in [2.24, 2.45) is 5.92 Å². The van der Waals surface area contributed by atoms with Crippen molar-refractivity contribution >= 4 is 34.3 Å². The molecule has 1 atom stereocenters. The Labute approximate surface area is 308 Å². The molecule has 1 amide bonds. The fourth-order valence-electron chi connectivity index (χ4n) is 7.07. The monoisotopic (exact) mass is 728 g/mol. The number of aromatic nitrogens is 2. The second-order valence-electron chi connectivity index (χ2n) is 13.2.